The highest BCUT2D eigenvalue weighted by Gasteiger charge is 2.14. The molecule has 0 spiro atoms. The first-order chi connectivity index (χ1) is 9.22. The number of aldehydes is 1. The maximum absolute atomic E-state index is 11.0. The molecule has 0 saturated carbocycles. The van der Waals surface area contributed by atoms with Gasteiger partial charge in [0.2, 0.25) is 0 Å². The van der Waals surface area contributed by atoms with Gasteiger partial charge in [0.05, 0.1) is 11.1 Å². The lowest BCUT2D eigenvalue weighted by molar-refractivity contribution is 0.112. The number of aromatic amines is 1. The molecule has 1 aromatic carbocycles. The Bertz CT molecular complexity index is 804. The summed E-state index contributed by atoms with van der Waals surface area (Å²) in [5.41, 5.74) is 8.28. The normalized spacial score (nSPS) is 10.5. The molecule has 0 atom stereocenters. The van der Waals surface area contributed by atoms with E-state index in [-0.39, 0.29) is 0 Å². The summed E-state index contributed by atoms with van der Waals surface area (Å²) in [4.78, 5) is 14.1. The molecular weight excluding hydrogens is 242 g/mol. The van der Waals surface area contributed by atoms with Gasteiger partial charge in [-0.05, 0) is 24.3 Å². The molecule has 3 aromatic rings. The van der Waals surface area contributed by atoms with Crippen LogP contribution in [0.15, 0.2) is 30.5 Å². The van der Waals surface area contributed by atoms with E-state index in [1.807, 2.05) is 18.2 Å². The third-order valence-electron chi connectivity index (χ3n) is 2.89. The molecule has 2 heterocycles. The van der Waals surface area contributed by atoms with Crippen LogP contribution in [0.5, 0.6) is 0 Å². The summed E-state index contributed by atoms with van der Waals surface area (Å²) in [7, 11) is 0. The van der Waals surface area contributed by atoms with Gasteiger partial charge in [-0.25, -0.2) is 4.52 Å². The van der Waals surface area contributed by atoms with Crippen LogP contribution in [0.2, 0.25) is 0 Å². The van der Waals surface area contributed by atoms with Crippen LogP contribution in [0.4, 0.5) is 5.69 Å². The molecule has 0 fully saturated rings. The molecule has 6 heteroatoms. The predicted molar refractivity (Wildman–Crippen MR) is 69.5 cm³/mol. The lowest BCUT2D eigenvalue weighted by atomic mass is 10.2. The van der Waals surface area contributed by atoms with E-state index < -0.39 is 0 Å². The van der Waals surface area contributed by atoms with E-state index in [0.717, 1.165) is 5.56 Å². The number of aromatic nitrogens is 3. The topological polar surface area (TPSA) is 100.0 Å². The summed E-state index contributed by atoms with van der Waals surface area (Å²) >= 11 is 0. The molecule has 92 valence electrons. The van der Waals surface area contributed by atoms with Crippen molar-refractivity contribution in [3.05, 3.63) is 41.6 Å². The van der Waals surface area contributed by atoms with Crippen molar-refractivity contribution < 1.29 is 4.79 Å². The Labute approximate surface area is 108 Å². The molecule has 3 N–H and O–H groups in total. The number of fused-ring (bicyclic) bond motifs is 1. The SMILES string of the molecule is N#Cc1cn2nc(-c3ccc(N)cc3)[nH]c2c1C=O. The average molecular weight is 251 g/mol. The van der Waals surface area contributed by atoms with E-state index >= 15 is 0 Å². The standard InChI is InChI=1S/C13H9N5O/c14-5-9-6-18-13(11(9)7-19)16-12(17-18)8-1-3-10(15)4-2-8/h1-4,6-7H,15H2,(H,16,17). The van der Waals surface area contributed by atoms with Crippen LogP contribution in [-0.4, -0.2) is 20.9 Å². The van der Waals surface area contributed by atoms with Gasteiger partial charge in [-0.15, -0.1) is 5.10 Å². The number of hydrogen-bond acceptors (Lipinski definition) is 4. The fraction of sp³-hybridized carbons (Fsp3) is 0. The van der Waals surface area contributed by atoms with E-state index in [1.54, 1.807) is 12.1 Å². The monoisotopic (exact) mass is 251 g/mol. The summed E-state index contributed by atoms with van der Waals surface area (Å²) in [6.45, 7) is 0. The van der Waals surface area contributed by atoms with Crippen molar-refractivity contribution in [3.8, 4) is 17.5 Å². The minimum absolute atomic E-state index is 0.303. The highest BCUT2D eigenvalue weighted by atomic mass is 16.1. The van der Waals surface area contributed by atoms with Crippen LogP contribution >= 0.6 is 0 Å². The molecule has 0 unspecified atom stereocenters. The van der Waals surface area contributed by atoms with Gasteiger partial charge < -0.3 is 10.7 Å². The van der Waals surface area contributed by atoms with Crippen LogP contribution in [0.25, 0.3) is 17.0 Å². The molecule has 0 aliphatic carbocycles. The van der Waals surface area contributed by atoms with Crippen molar-refractivity contribution in [1.82, 2.24) is 14.6 Å². The van der Waals surface area contributed by atoms with Gasteiger partial charge in [0, 0.05) is 17.4 Å². The lowest BCUT2D eigenvalue weighted by Crippen LogP contribution is -1.87. The van der Waals surface area contributed by atoms with E-state index in [4.69, 9.17) is 11.0 Å². The highest BCUT2D eigenvalue weighted by Crippen LogP contribution is 2.21. The largest absolute Gasteiger partial charge is 0.399 e. The number of benzene rings is 1. The number of hydrogen-bond donors (Lipinski definition) is 2. The fourth-order valence-electron chi connectivity index (χ4n) is 1.93. The number of nitrogens with one attached hydrogen (secondary N) is 1. The van der Waals surface area contributed by atoms with Gasteiger partial charge in [-0.2, -0.15) is 5.26 Å². The van der Waals surface area contributed by atoms with Crippen molar-refractivity contribution in [2.75, 3.05) is 5.73 Å². The smallest absolute Gasteiger partial charge is 0.159 e. The lowest BCUT2D eigenvalue weighted by Gasteiger charge is -1.96. The van der Waals surface area contributed by atoms with Crippen molar-refractivity contribution in [2.24, 2.45) is 0 Å². The summed E-state index contributed by atoms with van der Waals surface area (Å²) in [5, 5.41) is 13.2. The Kier molecular flexibility index (Phi) is 2.32. The summed E-state index contributed by atoms with van der Waals surface area (Å²) in [5.74, 6) is 0.614. The number of anilines is 1. The van der Waals surface area contributed by atoms with Gasteiger partial charge in [-0.1, -0.05) is 0 Å². The number of nitriles is 1. The number of nitrogen functional groups attached to an aromatic ring is 1. The Hall–Kier alpha value is -3.07. The van der Waals surface area contributed by atoms with Crippen LogP contribution in [0.3, 0.4) is 0 Å². The van der Waals surface area contributed by atoms with E-state index in [2.05, 4.69) is 10.1 Å². The predicted octanol–water partition coefficient (Wildman–Crippen LogP) is 1.60. The van der Waals surface area contributed by atoms with E-state index in [0.29, 0.717) is 34.6 Å². The van der Waals surface area contributed by atoms with Crippen LogP contribution in [0.1, 0.15) is 15.9 Å². The Morgan fingerprint density at radius 2 is 2.11 bits per heavy atom. The van der Waals surface area contributed by atoms with Crippen LogP contribution < -0.4 is 5.73 Å². The number of nitrogens with zero attached hydrogens (tertiary/aromatic N) is 3. The molecule has 19 heavy (non-hydrogen) atoms. The first-order valence-electron chi connectivity index (χ1n) is 5.55. The van der Waals surface area contributed by atoms with Gasteiger partial charge in [-0.3, -0.25) is 4.79 Å². The quantitative estimate of drug-likeness (QED) is 0.533. The molecule has 2 aromatic heterocycles. The Balaban J connectivity index is 2.18. The molecule has 0 aliphatic heterocycles. The molecule has 0 saturated heterocycles. The van der Waals surface area contributed by atoms with Gasteiger partial charge in [0.1, 0.15) is 11.7 Å². The highest BCUT2D eigenvalue weighted by molar-refractivity contribution is 5.89. The second-order valence-electron chi connectivity index (χ2n) is 4.07. The number of carbonyl (C=O) groups excluding carboxylic acids is 1. The van der Waals surface area contributed by atoms with E-state index in [1.165, 1.54) is 10.7 Å². The summed E-state index contributed by atoms with van der Waals surface area (Å²) < 4.78 is 1.49. The maximum atomic E-state index is 11.0. The van der Waals surface area contributed by atoms with E-state index in [9.17, 15) is 4.79 Å². The number of rotatable bonds is 2. The minimum atomic E-state index is 0.303. The van der Waals surface area contributed by atoms with Gasteiger partial charge >= 0.3 is 0 Å². The first-order valence-corrected chi connectivity index (χ1v) is 5.55. The zero-order valence-corrected chi connectivity index (χ0v) is 9.79. The second-order valence-corrected chi connectivity index (χ2v) is 4.07. The molecular formula is C13H9N5O. The molecule has 0 bridgehead atoms. The second kappa shape index (κ2) is 3.99. The van der Waals surface area contributed by atoms with Gasteiger partial charge in [0.15, 0.2) is 12.1 Å². The third kappa shape index (κ3) is 1.65. The molecule has 0 radical (unpaired) electrons. The van der Waals surface area contributed by atoms with Gasteiger partial charge in [0.25, 0.3) is 0 Å². The Morgan fingerprint density at radius 3 is 2.74 bits per heavy atom. The van der Waals surface area contributed by atoms with Crippen molar-refractivity contribution in [2.45, 2.75) is 0 Å². The molecule has 6 nitrogen and oxygen atoms in total. The zero-order chi connectivity index (χ0) is 13.4. The summed E-state index contributed by atoms with van der Waals surface area (Å²) in [6.07, 6.45) is 2.18. The van der Waals surface area contributed by atoms with Crippen LogP contribution in [0, 0.1) is 11.3 Å². The minimum Gasteiger partial charge on any atom is -0.399 e. The van der Waals surface area contributed by atoms with Crippen molar-refractivity contribution in [3.63, 3.8) is 0 Å². The number of H-pyrrole nitrogens is 1. The Morgan fingerprint density at radius 1 is 1.37 bits per heavy atom. The first kappa shape index (κ1) is 11.0. The maximum Gasteiger partial charge on any atom is 0.159 e. The third-order valence-corrected chi connectivity index (χ3v) is 2.89. The average Bonchev–Trinajstić information content (AvgIpc) is 2.95. The molecule has 0 aliphatic rings. The molecule has 0 amide bonds. The number of nitrogens with two attached hydrogens (primary N) is 1. The van der Waals surface area contributed by atoms with Crippen molar-refractivity contribution in [1.29, 1.82) is 5.26 Å². The van der Waals surface area contributed by atoms with Crippen LogP contribution in [-0.2, 0) is 0 Å². The molecule has 3 rings (SSSR count). The fourth-order valence-corrected chi connectivity index (χ4v) is 1.93. The van der Waals surface area contributed by atoms with Crippen molar-refractivity contribution >= 4 is 17.6 Å². The zero-order valence-electron chi connectivity index (χ0n) is 9.79. The number of carbonyl (C=O) groups is 1. The summed E-state index contributed by atoms with van der Waals surface area (Å²) in [6, 6.07) is 9.17.